The van der Waals surface area contributed by atoms with Gasteiger partial charge in [-0.2, -0.15) is 0 Å². The summed E-state index contributed by atoms with van der Waals surface area (Å²) in [5.41, 5.74) is 0. The van der Waals surface area contributed by atoms with E-state index in [1.807, 2.05) is 24.4 Å². The normalized spacial score (nSPS) is 19.7. The van der Waals surface area contributed by atoms with Crippen molar-refractivity contribution >= 4 is 17.2 Å². The molecule has 100 valence electrons. The van der Waals surface area contributed by atoms with Gasteiger partial charge in [-0.05, 0) is 31.2 Å². The van der Waals surface area contributed by atoms with Crippen LogP contribution in [0.1, 0.15) is 30.7 Å². The summed E-state index contributed by atoms with van der Waals surface area (Å²) in [4.78, 5) is 15.2. The Morgan fingerprint density at radius 3 is 2.94 bits per heavy atom. The van der Waals surface area contributed by atoms with E-state index >= 15 is 0 Å². The van der Waals surface area contributed by atoms with Crippen molar-refractivity contribution in [1.82, 2.24) is 10.2 Å². The summed E-state index contributed by atoms with van der Waals surface area (Å²) in [6, 6.07) is 4.11. The number of rotatable bonds is 4. The summed E-state index contributed by atoms with van der Waals surface area (Å²) in [5.74, 6) is 0.0623. The van der Waals surface area contributed by atoms with Crippen LogP contribution in [-0.4, -0.2) is 41.7 Å². The van der Waals surface area contributed by atoms with Crippen LogP contribution in [0.5, 0.6) is 0 Å². The molecule has 5 heteroatoms. The topological polar surface area (TPSA) is 52.6 Å². The van der Waals surface area contributed by atoms with Gasteiger partial charge in [-0.3, -0.25) is 9.69 Å². The number of amides is 1. The fraction of sp³-hybridized carbons (Fsp3) is 0.615. The van der Waals surface area contributed by atoms with Gasteiger partial charge in [0.05, 0.1) is 18.7 Å². The van der Waals surface area contributed by atoms with Crippen LogP contribution in [0.2, 0.25) is 0 Å². The van der Waals surface area contributed by atoms with Crippen molar-refractivity contribution in [3.63, 3.8) is 0 Å². The van der Waals surface area contributed by atoms with Crippen LogP contribution in [0.3, 0.4) is 0 Å². The number of carbonyl (C=O) groups excluding carboxylic acids is 1. The van der Waals surface area contributed by atoms with Gasteiger partial charge in [0.1, 0.15) is 0 Å². The van der Waals surface area contributed by atoms with Crippen molar-refractivity contribution in [2.45, 2.75) is 31.9 Å². The Hall–Kier alpha value is -0.910. The highest BCUT2D eigenvalue weighted by atomic mass is 32.1. The lowest BCUT2D eigenvalue weighted by molar-refractivity contribution is -0.123. The molecular weight excluding hydrogens is 248 g/mol. The van der Waals surface area contributed by atoms with Crippen molar-refractivity contribution in [2.75, 3.05) is 19.6 Å². The number of aliphatic hydroxyl groups excluding tert-OH is 1. The van der Waals surface area contributed by atoms with Crippen LogP contribution in [0.4, 0.5) is 0 Å². The van der Waals surface area contributed by atoms with Gasteiger partial charge in [0, 0.05) is 18.0 Å². The predicted octanol–water partition coefficient (Wildman–Crippen LogP) is 1.38. The van der Waals surface area contributed by atoms with Gasteiger partial charge in [0.15, 0.2) is 0 Å². The molecule has 2 heterocycles. The highest BCUT2D eigenvalue weighted by molar-refractivity contribution is 7.10. The molecule has 1 aliphatic rings. The number of nitrogens with zero attached hydrogens (tertiary/aromatic N) is 1. The average Bonchev–Trinajstić information content (AvgIpc) is 2.85. The number of nitrogens with one attached hydrogen (secondary N) is 1. The molecule has 0 aromatic carbocycles. The lowest BCUT2D eigenvalue weighted by Gasteiger charge is -2.29. The maximum atomic E-state index is 11.9. The van der Waals surface area contributed by atoms with Crippen LogP contribution >= 0.6 is 11.3 Å². The minimum Gasteiger partial charge on any atom is -0.393 e. The Morgan fingerprint density at radius 1 is 1.61 bits per heavy atom. The van der Waals surface area contributed by atoms with Crippen molar-refractivity contribution in [3.05, 3.63) is 22.4 Å². The van der Waals surface area contributed by atoms with Crippen LogP contribution < -0.4 is 5.32 Å². The molecule has 2 rings (SSSR count). The minimum absolute atomic E-state index is 0.0623. The SMILES string of the molecule is C[C@H](NC(=O)CN1CCC(O)CC1)c1cccs1. The van der Waals surface area contributed by atoms with E-state index in [-0.39, 0.29) is 18.1 Å². The third-order valence-electron chi connectivity index (χ3n) is 3.27. The Balaban J connectivity index is 1.75. The van der Waals surface area contributed by atoms with Gasteiger partial charge >= 0.3 is 0 Å². The Morgan fingerprint density at radius 2 is 2.33 bits per heavy atom. The molecule has 0 bridgehead atoms. The molecule has 2 N–H and O–H groups in total. The monoisotopic (exact) mass is 268 g/mol. The standard InChI is InChI=1S/C13H20N2O2S/c1-10(12-3-2-8-18-12)14-13(17)9-15-6-4-11(16)5-7-15/h2-3,8,10-11,16H,4-7,9H2,1H3,(H,14,17)/t10-/m0/s1. The summed E-state index contributed by atoms with van der Waals surface area (Å²) in [6.07, 6.45) is 1.36. The first-order chi connectivity index (χ1) is 8.65. The van der Waals surface area contributed by atoms with Crippen LogP contribution in [0.15, 0.2) is 17.5 Å². The number of hydrogen-bond donors (Lipinski definition) is 2. The number of hydrogen-bond acceptors (Lipinski definition) is 4. The van der Waals surface area contributed by atoms with E-state index in [1.165, 1.54) is 4.88 Å². The van der Waals surface area contributed by atoms with E-state index < -0.39 is 0 Å². The second-order valence-corrected chi connectivity index (χ2v) is 5.79. The molecule has 1 amide bonds. The number of piperidine rings is 1. The molecule has 0 aliphatic carbocycles. The zero-order valence-electron chi connectivity index (χ0n) is 10.6. The van der Waals surface area contributed by atoms with Crippen LogP contribution in [-0.2, 0) is 4.79 Å². The van der Waals surface area contributed by atoms with Crippen molar-refractivity contribution in [3.8, 4) is 0 Å². The minimum atomic E-state index is -0.186. The molecule has 0 radical (unpaired) electrons. The number of carbonyl (C=O) groups is 1. The van der Waals surface area contributed by atoms with Crippen molar-refractivity contribution in [2.24, 2.45) is 0 Å². The molecule has 1 saturated heterocycles. The van der Waals surface area contributed by atoms with Gasteiger partial charge in [-0.1, -0.05) is 6.07 Å². The summed E-state index contributed by atoms with van der Waals surface area (Å²) in [6.45, 7) is 4.05. The van der Waals surface area contributed by atoms with E-state index in [2.05, 4.69) is 10.2 Å². The second-order valence-electron chi connectivity index (χ2n) is 4.81. The third kappa shape index (κ3) is 3.80. The smallest absolute Gasteiger partial charge is 0.234 e. The Labute approximate surface area is 112 Å². The highest BCUT2D eigenvalue weighted by Crippen LogP contribution is 2.18. The van der Waals surface area contributed by atoms with Crippen molar-refractivity contribution < 1.29 is 9.90 Å². The fourth-order valence-corrected chi connectivity index (χ4v) is 2.91. The highest BCUT2D eigenvalue weighted by Gasteiger charge is 2.19. The third-order valence-corrected chi connectivity index (χ3v) is 4.33. The molecule has 1 aromatic heterocycles. The van der Waals surface area contributed by atoms with Crippen molar-refractivity contribution in [1.29, 1.82) is 0 Å². The van der Waals surface area contributed by atoms with Gasteiger partial charge in [0.25, 0.3) is 0 Å². The first-order valence-corrected chi connectivity index (χ1v) is 7.26. The maximum absolute atomic E-state index is 11.9. The van der Waals surface area contributed by atoms with Gasteiger partial charge in [0.2, 0.25) is 5.91 Å². The summed E-state index contributed by atoms with van der Waals surface area (Å²) in [5, 5.41) is 14.4. The molecule has 1 fully saturated rings. The molecule has 0 spiro atoms. The molecule has 1 atom stereocenters. The number of aliphatic hydroxyl groups is 1. The number of likely N-dealkylation sites (tertiary alicyclic amines) is 1. The summed E-state index contributed by atoms with van der Waals surface area (Å²) in [7, 11) is 0. The van der Waals surface area contributed by atoms with E-state index in [4.69, 9.17) is 0 Å². The molecule has 0 unspecified atom stereocenters. The van der Waals surface area contributed by atoms with E-state index in [1.54, 1.807) is 11.3 Å². The quantitative estimate of drug-likeness (QED) is 0.867. The molecule has 1 aliphatic heterocycles. The first kappa shape index (κ1) is 13.5. The summed E-state index contributed by atoms with van der Waals surface area (Å²) < 4.78 is 0. The maximum Gasteiger partial charge on any atom is 0.234 e. The summed E-state index contributed by atoms with van der Waals surface area (Å²) >= 11 is 1.66. The van der Waals surface area contributed by atoms with Gasteiger partial charge in [-0.25, -0.2) is 0 Å². The van der Waals surface area contributed by atoms with E-state index in [9.17, 15) is 9.90 Å². The second kappa shape index (κ2) is 6.31. The lowest BCUT2D eigenvalue weighted by Crippen LogP contribution is -2.43. The predicted molar refractivity (Wildman–Crippen MR) is 72.6 cm³/mol. The zero-order chi connectivity index (χ0) is 13.0. The molecular formula is C13H20N2O2S. The Bertz CT molecular complexity index is 372. The lowest BCUT2D eigenvalue weighted by atomic mass is 10.1. The van der Waals surface area contributed by atoms with Crippen LogP contribution in [0, 0.1) is 0 Å². The van der Waals surface area contributed by atoms with Gasteiger partial charge < -0.3 is 10.4 Å². The molecule has 1 aromatic rings. The van der Waals surface area contributed by atoms with Gasteiger partial charge in [-0.15, -0.1) is 11.3 Å². The molecule has 18 heavy (non-hydrogen) atoms. The Kier molecular flexibility index (Phi) is 4.74. The van der Waals surface area contributed by atoms with Crippen LogP contribution in [0.25, 0.3) is 0 Å². The molecule has 0 saturated carbocycles. The largest absolute Gasteiger partial charge is 0.393 e. The van der Waals surface area contributed by atoms with E-state index in [0.29, 0.717) is 6.54 Å². The zero-order valence-corrected chi connectivity index (χ0v) is 11.4. The first-order valence-electron chi connectivity index (χ1n) is 6.38. The van der Waals surface area contributed by atoms with E-state index in [0.717, 1.165) is 25.9 Å². The average molecular weight is 268 g/mol. The molecule has 4 nitrogen and oxygen atoms in total. The fourth-order valence-electron chi connectivity index (χ4n) is 2.18. The number of thiophene rings is 1.